The number of hydrogen-bond donors (Lipinski definition) is 1. The van der Waals surface area contributed by atoms with E-state index in [1.165, 1.54) is 0 Å². The van der Waals surface area contributed by atoms with E-state index >= 15 is 0 Å². The van der Waals surface area contributed by atoms with Crippen molar-refractivity contribution in [2.45, 2.75) is 25.5 Å². The molecule has 0 radical (unpaired) electrons. The van der Waals surface area contributed by atoms with Gasteiger partial charge in [-0.25, -0.2) is 9.97 Å². The first-order chi connectivity index (χ1) is 12.2. The van der Waals surface area contributed by atoms with Crippen molar-refractivity contribution >= 4 is 11.7 Å². The first-order valence-corrected chi connectivity index (χ1v) is 8.83. The molecule has 2 aliphatic heterocycles. The molecule has 7 nitrogen and oxygen atoms in total. The molecule has 1 atom stereocenters. The van der Waals surface area contributed by atoms with E-state index in [1.54, 1.807) is 12.4 Å². The fourth-order valence-electron chi connectivity index (χ4n) is 3.62. The Hall–Kier alpha value is -2.41. The molecule has 1 N–H and O–H groups in total. The van der Waals surface area contributed by atoms with Gasteiger partial charge in [0.15, 0.2) is 0 Å². The van der Waals surface area contributed by atoms with E-state index in [4.69, 9.17) is 0 Å². The molecule has 132 valence electrons. The molecule has 0 aromatic carbocycles. The highest BCUT2D eigenvalue weighted by Gasteiger charge is 2.27. The van der Waals surface area contributed by atoms with Crippen LogP contribution in [0.1, 0.15) is 23.2 Å². The number of piperidine rings is 1. The van der Waals surface area contributed by atoms with Gasteiger partial charge in [0, 0.05) is 51.3 Å². The first kappa shape index (κ1) is 16.1. The molecule has 0 spiro atoms. The number of β-amino-alcohol motifs (C(OH)–C–C–N with tert-alkyl or cyclic N) is 1. The Labute approximate surface area is 146 Å². The summed E-state index contributed by atoms with van der Waals surface area (Å²) < 4.78 is 2.08. The molecule has 0 aliphatic carbocycles. The van der Waals surface area contributed by atoms with Gasteiger partial charge in [-0.3, -0.25) is 4.79 Å². The summed E-state index contributed by atoms with van der Waals surface area (Å²) in [5.74, 6) is 1.33. The molecule has 2 fully saturated rings. The van der Waals surface area contributed by atoms with E-state index in [0.717, 1.165) is 38.3 Å². The summed E-state index contributed by atoms with van der Waals surface area (Å²) >= 11 is 0. The number of aliphatic hydroxyl groups is 1. The van der Waals surface area contributed by atoms with Gasteiger partial charge in [0.1, 0.15) is 5.82 Å². The normalized spacial score (nSPS) is 21.2. The van der Waals surface area contributed by atoms with Crippen molar-refractivity contribution in [3.8, 4) is 0 Å². The lowest BCUT2D eigenvalue weighted by Gasteiger charge is -2.37. The number of rotatable bonds is 4. The van der Waals surface area contributed by atoms with E-state index < -0.39 is 0 Å². The summed E-state index contributed by atoms with van der Waals surface area (Å²) in [6.07, 6.45) is 9.15. The lowest BCUT2D eigenvalue weighted by Crippen LogP contribution is -2.51. The smallest absolute Gasteiger partial charge is 0.255 e. The average Bonchev–Trinajstić information content (AvgIpc) is 3.12. The Kier molecular flexibility index (Phi) is 4.40. The van der Waals surface area contributed by atoms with Gasteiger partial charge in [-0.05, 0) is 30.9 Å². The van der Waals surface area contributed by atoms with Crippen LogP contribution >= 0.6 is 0 Å². The zero-order valence-corrected chi connectivity index (χ0v) is 14.2. The number of aromatic nitrogens is 3. The molecule has 0 unspecified atom stereocenters. The quantitative estimate of drug-likeness (QED) is 0.898. The van der Waals surface area contributed by atoms with Crippen molar-refractivity contribution < 1.29 is 9.90 Å². The maximum atomic E-state index is 12.8. The highest BCUT2D eigenvalue weighted by Crippen LogP contribution is 2.22. The SMILES string of the molecule is O=C(c1ccc(N2CC(O)C2)nc1)N1CCC[C@H](Cn2ccnc2)C1. The highest BCUT2D eigenvalue weighted by molar-refractivity contribution is 5.94. The van der Waals surface area contributed by atoms with Crippen molar-refractivity contribution in [2.75, 3.05) is 31.1 Å². The summed E-state index contributed by atoms with van der Waals surface area (Å²) in [5.41, 5.74) is 0.633. The van der Waals surface area contributed by atoms with Crippen molar-refractivity contribution in [1.82, 2.24) is 19.4 Å². The average molecular weight is 341 g/mol. The Bertz CT molecular complexity index is 710. The third-order valence-electron chi connectivity index (χ3n) is 5.02. The van der Waals surface area contributed by atoms with Gasteiger partial charge in [-0.1, -0.05) is 0 Å². The molecule has 2 saturated heterocycles. The molecule has 4 rings (SSSR count). The zero-order chi connectivity index (χ0) is 17.2. The van der Waals surface area contributed by atoms with Crippen molar-refractivity contribution in [1.29, 1.82) is 0 Å². The predicted octanol–water partition coefficient (Wildman–Crippen LogP) is 1.01. The van der Waals surface area contributed by atoms with Crippen LogP contribution in [-0.2, 0) is 6.54 Å². The maximum Gasteiger partial charge on any atom is 0.255 e. The largest absolute Gasteiger partial charge is 0.389 e. The monoisotopic (exact) mass is 341 g/mol. The van der Waals surface area contributed by atoms with Gasteiger partial charge in [-0.15, -0.1) is 0 Å². The lowest BCUT2D eigenvalue weighted by atomic mass is 9.97. The number of likely N-dealkylation sites (tertiary alicyclic amines) is 1. The van der Waals surface area contributed by atoms with Crippen molar-refractivity contribution in [3.63, 3.8) is 0 Å². The van der Waals surface area contributed by atoms with Gasteiger partial charge in [0.2, 0.25) is 0 Å². The predicted molar refractivity (Wildman–Crippen MR) is 93.3 cm³/mol. The summed E-state index contributed by atoms with van der Waals surface area (Å²) in [7, 11) is 0. The van der Waals surface area contributed by atoms with Crippen LogP contribution in [-0.4, -0.2) is 62.7 Å². The van der Waals surface area contributed by atoms with Crippen LogP contribution in [0.3, 0.4) is 0 Å². The zero-order valence-electron chi connectivity index (χ0n) is 14.2. The fraction of sp³-hybridized carbons (Fsp3) is 0.500. The maximum absolute atomic E-state index is 12.8. The van der Waals surface area contributed by atoms with Gasteiger partial charge < -0.3 is 19.5 Å². The van der Waals surface area contributed by atoms with Crippen molar-refractivity contribution in [2.24, 2.45) is 5.92 Å². The van der Waals surface area contributed by atoms with Crippen LogP contribution in [0, 0.1) is 5.92 Å². The summed E-state index contributed by atoms with van der Waals surface area (Å²) in [6.45, 7) is 3.71. The second-order valence-corrected chi connectivity index (χ2v) is 6.98. The molecule has 2 aliphatic rings. The number of nitrogens with zero attached hydrogens (tertiary/aromatic N) is 5. The van der Waals surface area contributed by atoms with Crippen molar-refractivity contribution in [3.05, 3.63) is 42.6 Å². The molecule has 0 saturated carbocycles. The highest BCUT2D eigenvalue weighted by atomic mass is 16.3. The van der Waals surface area contributed by atoms with Crippen LogP contribution in [0.5, 0.6) is 0 Å². The minimum absolute atomic E-state index is 0.0537. The number of amides is 1. The number of imidazole rings is 1. The third-order valence-corrected chi connectivity index (χ3v) is 5.02. The Balaban J connectivity index is 1.38. The standard InChI is InChI=1S/C18H23N5O2/c24-16-11-23(12-16)17-4-3-15(8-20-17)18(25)22-6-1-2-14(10-22)9-21-7-5-19-13-21/h3-5,7-8,13-14,16,24H,1-2,6,9-12H2/t14-/m1/s1. The van der Waals surface area contributed by atoms with Crippen LogP contribution in [0.25, 0.3) is 0 Å². The molecule has 25 heavy (non-hydrogen) atoms. The van der Waals surface area contributed by atoms with Crippen LogP contribution < -0.4 is 4.90 Å². The molecular formula is C18H23N5O2. The summed E-state index contributed by atoms with van der Waals surface area (Å²) in [6, 6.07) is 3.71. The van der Waals surface area contributed by atoms with Crippen LogP contribution in [0.15, 0.2) is 37.1 Å². The number of carbonyl (C=O) groups is 1. The number of hydrogen-bond acceptors (Lipinski definition) is 5. The molecule has 2 aromatic heterocycles. The van der Waals surface area contributed by atoms with E-state index in [-0.39, 0.29) is 12.0 Å². The second kappa shape index (κ2) is 6.84. The van der Waals surface area contributed by atoms with Gasteiger partial charge in [-0.2, -0.15) is 0 Å². The molecule has 4 heterocycles. The molecule has 2 aromatic rings. The molecule has 7 heteroatoms. The van der Waals surface area contributed by atoms with E-state index in [1.807, 2.05) is 34.5 Å². The number of anilines is 1. The first-order valence-electron chi connectivity index (χ1n) is 8.83. The van der Waals surface area contributed by atoms with E-state index in [0.29, 0.717) is 24.6 Å². The van der Waals surface area contributed by atoms with E-state index in [9.17, 15) is 9.90 Å². The Morgan fingerprint density at radius 3 is 2.84 bits per heavy atom. The second-order valence-electron chi connectivity index (χ2n) is 6.98. The summed E-state index contributed by atoms with van der Waals surface area (Å²) in [4.78, 5) is 25.2. The van der Waals surface area contributed by atoms with Crippen LogP contribution in [0.2, 0.25) is 0 Å². The Morgan fingerprint density at radius 1 is 1.28 bits per heavy atom. The number of pyridine rings is 1. The summed E-state index contributed by atoms with van der Waals surface area (Å²) in [5, 5.41) is 9.37. The lowest BCUT2D eigenvalue weighted by molar-refractivity contribution is 0.0662. The minimum atomic E-state index is -0.260. The van der Waals surface area contributed by atoms with Crippen LogP contribution in [0.4, 0.5) is 5.82 Å². The molecule has 0 bridgehead atoms. The number of carbonyl (C=O) groups excluding carboxylic acids is 1. The van der Waals surface area contributed by atoms with Gasteiger partial charge in [0.25, 0.3) is 5.91 Å². The fourth-order valence-corrected chi connectivity index (χ4v) is 3.62. The van der Waals surface area contributed by atoms with Gasteiger partial charge >= 0.3 is 0 Å². The molecule has 1 amide bonds. The van der Waals surface area contributed by atoms with Gasteiger partial charge in [0.05, 0.1) is 18.0 Å². The Morgan fingerprint density at radius 2 is 2.16 bits per heavy atom. The third kappa shape index (κ3) is 3.51. The molecular weight excluding hydrogens is 318 g/mol. The minimum Gasteiger partial charge on any atom is -0.389 e. The topological polar surface area (TPSA) is 74.5 Å². The van der Waals surface area contributed by atoms with E-state index in [2.05, 4.69) is 14.5 Å². The number of aliphatic hydroxyl groups excluding tert-OH is 1.